The Morgan fingerprint density at radius 2 is 1.24 bits per heavy atom. The van der Waals surface area contributed by atoms with Gasteiger partial charge in [-0.15, -0.1) is 0 Å². The fourth-order valence-corrected chi connectivity index (χ4v) is 1.29. The van der Waals surface area contributed by atoms with Gasteiger partial charge in [0.1, 0.15) is 0 Å². The number of benzene rings is 2. The highest BCUT2D eigenvalue weighted by molar-refractivity contribution is 5.42. The van der Waals surface area contributed by atoms with Gasteiger partial charge in [0.2, 0.25) is 0 Å². The van der Waals surface area contributed by atoms with Crippen LogP contribution in [-0.4, -0.2) is 0 Å². The van der Waals surface area contributed by atoms with E-state index >= 15 is 0 Å². The summed E-state index contributed by atoms with van der Waals surface area (Å²) < 4.78 is 38.4. The Bertz CT molecular complexity index is 569. The van der Waals surface area contributed by atoms with Gasteiger partial charge >= 0.3 is 0 Å². The van der Waals surface area contributed by atoms with Crippen LogP contribution in [0.5, 0.6) is 0 Å². The van der Waals surface area contributed by atoms with Crippen LogP contribution in [0.1, 0.15) is 11.1 Å². The summed E-state index contributed by atoms with van der Waals surface area (Å²) in [7, 11) is 0. The maximum atomic E-state index is 12.9. The molecule has 0 radical (unpaired) electrons. The first-order valence-electron chi connectivity index (χ1n) is 4.88. The zero-order valence-corrected chi connectivity index (χ0v) is 8.68. The molecule has 3 heteroatoms. The summed E-state index contributed by atoms with van der Waals surface area (Å²) in [5.74, 6) is 1.36. The molecule has 0 bridgehead atoms. The predicted octanol–water partition coefficient (Wildman–Crippen LogP) is 3.50. The number of hydrogen-bond donors (Lipinski definition) is 0. The second-order valence-corrected chi connectivity index (χ2v) is 3.37. The van der Waals surface area contributed by atoms with Gasteiger partial charge in [-0.25, -0.2) is 13.2 Å². The lowest BCUT2D eigenvalue weighted by Crippen LogP contribution is -1.91. The highest BCUT2D eigenvalue weighted by Gasteiger charge is 2.08. The summed E-state index contributed by atoms with van der Waals surface area (Å²) in [6, 6.07) is 10.7. The Kier molecular flexibility index (Phi) is 3.15. The van der Waals surface area contributed by atoms with Crippen molar-refractivity contribution in [3.05, 3.63) is 71.0 Å². The molecule has 0 aliphatic heterocycles. The van der Waals surface area contributed by atoms with Crippen molar-refractivity contribution in [3.8, 4) is 11.8 Å². The van der Waals surface area contributed by atoms with Crippen LogP contribution in [0.3, 0.4) is 0 Å². The molecule has 0 heterocycles. The molecule has 0 atom stereocenters. The second-order valence-electron chi connectivity index (χ2n) is 3.37. The molecule has 0 spiro atoms. The first-order chi connectivity index (χ1) is 8.16. The first kappa shape index (κ1) is 11.3. The number of halogens is 3. The number of hydrogen-bond acceptors (Lipinski definition) is 0. The third-order valence-electron chi connectivity index (χ3n) is 2.11. The van der Waals surface area contributed by atoms with Crippen molar-refractivity contribution in [2.24, 2.45) is 0 Å². The van der Waals surface area contributed by atoms with Crippen LogP contribution in [0.15, 0.2) is 42.5 Å². The van der Waals surface area contributed by atoms with Crippen LogP contribution >= 0.6 is 0 Å². The van der Waals surface area contributed by atoms with Crippen molar-refractivity contribution in [1.82, 2.24) is 0 Å². The van der Waals surface area contributed by atoms with E-state index in [0.29, 0.717) is 0 Å². The Morgan fingerprint density at radius 1 is 0.706 bits per heavy atom. The fraction of sp³-hybridized carbons (Fsp3) is 0. The molecule has 0 aliphatic rings. The van der Waals surface area contributed by atoms with Gasteiger partial charge in [-0.2, -0.15) is 0 Å². The van der Waals surface area contributed by atoms with Gasteiger partial charge in [0.05, 0.1) is 0 Å². The van der Waals surface area contributed by atoms with Gasteiger partial charge in [-0.05, 0) is 24.3 Å². The average molecular weight is 232 g/mol. The first-order valence-corrected chi connectivity index (χ1v) is 4.88. The maximum absolute atomic E-state index is 12.9. The van der Waals surface area contributed by atoms with Crippen LogP contribution in [0, 0.1) is 29.3 Å². The lowest BCUT2D eigenvalue weighted by molar-refractivity contribution is 0.446. The zero-order valence-electron chi connectivity index (χ0n) is 8.68. The van der Waals surface area contributed by atoms with Gasteiger partial charge in [0, 0.05) is 11.1 Å². The summed E-state index contributed by atoms with van der Waals surface area (Å²) in [6.07, 6.45) is 0. The molecule has 2 aromatic carbocycles. The van der Waals surface area contributed by atoms with Gasteiger partial charge in [-0.3, -0.25) is 0 Å². The molecule has 84 valence electrons. The van der Waals surface area contributed by atoms with Crippen LogP contribution in [0.4, 0.5) is 13.2 Å². The van der Waals surface area contributed by atoms with E-state index in [1.165, 1.54) is 0 Å². The van der Waals surface area contributed by atoms with Crippen molar-refractivity contribution in [3.63, 3.8) is 0 Å². The summed E-state index contributed by atoms with van der Waals surface area (Å²) in [5, 5.41) is 0. The maximum Gasteiger partial charge on any atom is 0.194 e. The third-order valence-corrected chi connectivity index (χ3v) is 2.11. The van der Waals surface area contributed by atoms with Gasteiger partial charge < -0.3 is 0 Å². The van der Waals surface area contributed by atoms with Crippen molar-refractivity contribution in [2.75, 3.05) is 0 Å². The Hall–Kier alpha value is -2.21. The van der Waals surface area contributed by atoms with E-state index in [1.807, 2.05) is 6.07 Å². The standard InChI is InChI=1S/C14H7F3/c15-12-8-11(9-13(16)14(12)17)7-6-10-4-2-1-3-5-10/h1-5,8-9H. The molecule has 17 heavy (non-hydrogen) atoms. The zero-order chi connectivity index (χ0) is 12.3. The molecule has 0 aromatic heterocycles. The smallest absolute Gasteiger partial charge is 0.194 e. The fourth-order valence-electron chi connectivity index (χ4n) is 1.29. The van der Waals surface area contributed by atoms with E-state index in [-0.39, 0.29) is 5.56 Å². The molecule has 0 fully saturated rings. The molecule has 2 aromatic rings. The molecule has 0 saturated heterocycles. The van der Waals surface area contributed by atoms with E-state index in [2.05, 4.69) is 11.8 Å². The van der Waals surface area contributed by atoms with Crippen LogP contribution < -0.4 is 0 Å². The molecule has 0 nitrogen and oxygen atoms in total. The minimum atomic E-state index is -1.48. The largest absolute Gasteiger partial charge is 0.204 e. The normalized spacial score (nSPS) is 9.59. The van der Waals surface area contributed by atoms with Gasteiger partial charge in [0.15, 0.2) is 17.5 Å². The molecular formula is C14H7F3. The van der Waals surface area contributed by atoms with E-state index < -0.39 is 17.5 Å². The predicted molar refractivity (Wildman–Crippen MR) is 58.7 cm³/mol. The lowest BCUT2D eigenvalue weighted by Gasteiger charge is -1.95. The average Bonchev–Trinajstić information content (AvgIpc) is 2.34. The lowest BCUT2D eigenvalue weighted by atomic mass is 10.1. The monoisotopic (exact) mass is 232 g/mol. The minimum Gasteiger partial charge on any atom is -0.204 e. The Morgan fingerprint density at radius 3 is 1.82 bits per heavy atom. The quantitative estimate of drug-likeness (QED) is 0.481. The molecule has 0 amide bonds. The van der Waals surface area contributed by atoms with E-state index in [4.69, 9.17) is 0 Å². The molecule has 0 N–H and O–H groups in total. The van der Waals surface area contributed by atoms with Crippen molar-refractivity contribution < 1.29 is 13.2 Å². The SMILES string of the molecule is Fc1cc(C#Cc2ccccc2)cc(F)c1F. The van der Waals surface area contributed by atoms with Crippen LogP contribution in [0.2, 0.25) is 0 Å². The number of rotatable bonds is 0. The minimum absolute atomic E-state index is 0.102. The van der Waals surface area contributed by atoms with E-state index in [1.54, 1.807) is 24.3 Å². The molecule has 0 aliphatic carbocycles. The van der Waals surface area contributed by atoms with E-state index in [9.17, 15) is 13.2 Å². The molecular weight excluding hydrogens is 225 g/mol. The highest BCUT2D eigenvalue weighted by Crippen LogP contribution is 2.12. The van der Waals surface area contributed by atoms with Gasteiger partial charge in [-0.1, -0.05) is 30.0 Å². The Balaban J connectivity index is 2.35. The van der Waals surface area contributed by atoms with Crippen LogP contribution in [-0.2, 0) is 0 Å². The van der Waals surface area contributed by atoms with E-state index in [0.717, 1.165) is 17.7 Å². The highest BCUT2D eigenvalue weighted by atomic mass is 19.2. The second kappa shape index (κ2) is 4.75. The van der Waals surface area contributed by atoms with Crippen LogP contribution in [0.25, 0.3) is 0 Å². The summed E-state index contributed by atoms with van der Waals surface area (Å²) >= 11 is 0. The molecule has 0 saturated carbocycles. The van der Waals surface area contributed by atoms with Crippen molar-refractivity contribution in [1.29, 1.82) is 0 Å². The summed E-state index contributed by atoms with van der Waals surface area (Å²) in [5.41, 5.74) is 0.822. The topological polar surface area (TPSA) is 0 Å². The summed E-state index contributed by atoms with van der Waals surface area (Å²) in [4.78, 5) is 0. The van der Waals surface area contributed by atoms with Gasteiger partial charge in [0.25, 0.3) is 0 Å². The Labute approximate surface area is 96.7 Å². The molecule has 0 unspecified atom stereocenters. The van der Waals surface area contributed by atoms with Crippen molar-refractivity contribution in [2.45, 2.75) is 0 Å². The summed E-state index contributed by atoms with van der Waals surface area (Å²) in [6.45, 7) is 0. The molecule has 2 rings (SSSR count). The third kappa shape index (κ3) is 2.67. The van der Waals surface area contributed by atoms with Crippen molar-refractivity contribution >= 4 is 0 Å².